The van der Waals surface area contributed by atoms with E-state index in [1.165, 1.54) is 0 Å². The zero-order valence-electron chi connectivity index (χ0n) is 4.27. The van der Waals surface area contributed by atoms with Crippen LogP contribution in [0, 0.1) is 0 Å². The van der Waals surface area contributed by atoms with Crippen LogP contribution in [0.5, 0.6) is 0 Å². The van der Waals surface area contributed by atoms with Gasteiger partial charge in [0.05, 0.1) is 0 Å². The minimum Gasteiger partial charge on any atom is -0.412 e. The van der Waals surface area contributed by atoms with E-state index < -0.39 is 0 Å². The molecule has 0 bridgehead atoms. The Kier molecular flexibility index (Phi) is 6010. The van der Waals surface area contributed by atoms with Crippen LogP contribution in [0.15, 0.2) is 0 Å². The monoisotopic (exact) mass is 370 g/mol. The number of hydrogen-bond donors (Lipinski definition) is 0. The van der Waals surface area contributed by atoms with E-state index in [2.05, 4.69) is 0 Å². The molecule has 0 aliphatic carbocycles. The maximum Gasteiger partial charge on any atom is 0 e. The molecule has 0 atom stereocenters. The third kappa shape index (κ3) is 160. The van der Waals surface area contributed by atoms with Gasteiger partial charge in [0.1, 0.15) is 0 Å². The second-order valence-corrected chi connectivity index (χ2v) is 0. The van der Waals surface area contributed by atoms with Crippen molar-refractivity contribution in [2.45, 2.75) is 0 Å². The first-order chi connectivity index (χ1) is 0. The van der Waals surface area contributed by atoms with Gasteiger partial charge in [-0.05, 0) is 0 Å². The molecule has 0 heterocycles. The summed E-state index contributed by atoms with van der Waals surface area (Å²) in [6, 6.07) is 0. The van der Waals surface area contributed by atoms with Crippen molar-refractivity contribution in [3.63, 3.8) is 0 Å². The molecular formula is H10Fe5O5. The minimum atomic E-state index is 0. The Labute approximate surface area is 112 Å². The van der Waals surface area contributed by atoms with Crippen molar-refractivity contribution in [1.29, 1.82) is 0 Å². The van der Waals surface area contributed by atoms with Gasteiger partial charge >= 0.3 is 0 Å². The van der Waals surface area contributed by atoms with Crippen molar-refractivity contribution in [1.82, 2.24) is 0 Å². The van der Waals surface area contributed by atoms with E-state index >= 15 is 0 Å². The third-order valence-electron chi connectivity index (χ3n) is 0. The summed E-state index contributed by atoms with van der Waals surface area (Å²) in [5, 5.41) is 0. The molecule has 0 aliphatic rings. The standard InChI is InChI=1S/5Fe.5H2O/h;;;;;5*1H2. The summed E-state index contributed by atoms with van der Waals surface area (Å²) in [6.45, 7) is 0. The molecular weight excluding hydrogens is 359 g/mol. The summed E-state index contributed by atoms with van der Waals surface area (Å²) in [7, 11) is 0. The van der Waals surface area contributed by atoms with Crippen LogP contribution in [0.2, 0.25) is 0 Å². The van der Waals surface area contributed by atoms with Gasteiger partial charge in [-0.3, -0.25) is 0 Å². The van der Waals surface area contributed by atoms with Crippen LogP contribution in [-0.2, 0) is 85.3 Å². The van der Waals surface area contributed by atoms with Crippen LogP contribution in [0.25, 0.3) is 0 Å². The van der Waals surface area contributed by atoms with Crippen molar-refractivity contribution in [3.8, 4) is 0 Å². The molecule has 0 aromatic carbocycles. The summed E-state index contributed by atoms with van der Waals surface area (Å²) in [6.07, 6.45) is 0. The third-order valence-corrected chi connectivity index (χ3v) is 0. The first-order valence-corrected chi connectivity index (χ1v) is 0. The summed E-state index contributed by atoms with van der Waals surface area (Å²) >= 11 is 0. The van der Waals surface area contributed by atoms with Crippen LogP contribution >= 0.6 is 0 Å². The minimum absolute atomic E-state index is 0. The van der Waals surface area contributed by atoms with Crippen molar-refractivity contribution in [3.05, 3.63) is 0 Å². The second kappa shape index (κ2) is 214. The molecule has 80 valence electrons. The number of hydrogen-bond acceptors (Lipinski definition) is 0. The van der Waals surface area contributed by atoms with Gasteiger partial charge in [-0.2, -0.15) is 0 Å². The maximum atomic E-state index is 0. The summed E-state index contributed by atoms with van der Waals surface area (Å²) in [5.74, 6) is 0. The van der Waals surface area contributed by atoms with Gasteiger partial charge in [-0.25, -0.2) is 0 Å². The Morgan fingerprint density at radius 3 is 0.200 bits per heavy atom. The Balaban J connectivity index is 0. The van der Waals surface area contributed by atoms with Gasteiger partial charge in [0.25, 0.3) is 0 Å². The van der Waals surface area contributed by atoms with E-state index in [9.17, 15) is 0 Å². The van der Waals surface area contributed by atoms with Crippen LogP contribution in [-0.4, -0.2) is 27.4 Å². The van der Waals surface area contributed by atoms with Crippen LogP contribution in [0.3, 0.4) is 0 Å². The quantitative estimate of drug-likeness (QED) is 0.380. The molecule has 0 aromatic rings. The van der Waals surface area contributed by atoms with E-state index in [0.29, 0.717) is 0 Å². The Bertz CT molecular complexity index is 10.0. The molecule has 10 heavy (non-hydrogen) atoms. The summed E-state index contributed by atoms with van der Waals surface area (Å²) < 4.78 is 0. The molecule has 0 unspecified atom stereocenters. The van der Waals surface area contributed by atoms with E-state index in [0.717, 1.165) is 0 Å². The number of rotatable bonds is 0. The van der Waals surface area contributed by atoms with Gasteiger partial charge in [0.15, 0.2) is 0 Å². The van der Waals surface area contributed by atoms with Crippen LogP contribution in [0.4, 0.5) is 0 Å². The molecule has 0 rings (SSSR count). The van der Waals surface area contributed by atoms with E-state index in [-0.39, 0.29) is 113 Å². The van der Waals surface area contributed by atoms with E-state index in [4.69, 9.17) is 0 Å². The zero-order chi connectivity index (χ0) is 0. The van der Waals surface area contributed by atoms with Crippen molar-refractivity contribution in [2.24, 2.45) is 0 Å². The zero-order valence-corrected chi connectivity index (χ0v) is 9.79. The molecule has 0 saturated heterocycles. The molecule has 0 spiro atoms. The van der Waals surface area contributed by atoms with Gasteiger partial charge in [-0.15, -0.1) is 0 Å². The molecule has 0 aliphatic heterocycles. The molecule has 0 aromatic heterocycles. The molecule has 10 heteroatoms. The fraction of sp³-hybridized carbons (Fsp3) is 0. The first-order valence-electron chi connectivity index (χ1n) is 0. The van der Waals surface area contributed by atoms with Gasteiger partial charge < -0.3 is 27.4 Å². The fourth-order valence-corrected chi connectivity index (χ4v) is 0. The van der Waals surface area contributed by atoms with Crippen LogP contribution < -0.4 is 0 Å². The molecule has 0 saturated carbocycles. The van der Waals surface area contributed by atoms with Crippen molar-refractivity contribution in [2.75, 3.05) is 0 Å². The summed E-state index contributed by atoms with van der Waals surface area (Å²) in [4.78, 5) is 0. The Morgan fingerprint density at radius 1 is 0.200 bits per heavy atom. The molecule has 5 nitrogen and oxygen atoms in total. The average Bonchev–Trinajstić information content (AvgIpc) is 0. The van der Waals surface area contributed by atoms with Gasteiger partial charge in [-0.1, -0.05) is 0 Å². The topological polar surface area (TPSA) is 158 Å². The molecule has 10 N–H and O–H groups in total. The summed E-state index contributed by atoms with van der Waals surface area (Å²) in [5.41, 5.74) is 0. The van der Waals surface area contributed by atoms with E-state index in [1.807, 2.05) is 0 Å². The molecule has 0 radical (unpaired) electrons. The fourth-order valence-electron chi connectivity index (χ4n) is 0. The first kappa shape index (κ1) is 280. The smallest absolute Gasteiger partial charge is 0 e. The van der Waals surface area contributed by atoms with E-state index in [1.54, 1.807) is 0 Å². The van der Waals surface area contributed by atoms with Crippen molar-refractivity contribution < 1.29 is 113 Å². The van der Waals surface area contributed by atoms with Crippen molar-refractivity contribution >= 4 is 0 Å². The molecule has 0 fully saturated rings. The maximum absolute atomic E-state index is 0. The van der Waals surface area contributed by atoms with Crippen LogP contribution in [0.1, 0.15) is 0 Å². The predicted molar refractivity (Wildman–Crippen MR) is 18.1 cm³/mol. The molecule has 0 amide bonds. The normalized spacial score (nSPS) is 0. The Hall–Kier alpha value is 2.40. The predicted octanol–water partition coefficient (Wildman–Crippen LogP) is -4.14. The van der Waals surface area contributed by atoms with Gasteiger partial charge in [0.2, 0.25) is 0 Å². The average molecular weight is 369 g/mol. The van der Waals surface area contributed by atoms with Gasteiger partial charge in [0, 0.05) is 85.3 Å². The Morgan fingerprint density at radius 2 is 0.200 bits per heavy atom. The second-order valence-electron chi connectivity index (χ2n) is 0. The SMILES string of the molecule is O.O.O.O.O.[Fe].[Fe].[Fe].[Fe].[Fe]. The largest absolute Gasteiger partial charge is 0.412 e.